The molecule has 1 aliphatic heterocycles. The summed E-state index contributed by atoms with van der Waals surface area (Å²) >= 11 is 0. The number of amides is 1. The van der Waals surface area contributed by atoms with Gasteiger partial charge in [0.15, 0.2) is 0 Å². The van der Waals surface area contributed by atoms with Gasteiger partial charge in [0.05, 0.1) is 23.6 Å². The van der Waals surface area contributed by atoms with Gasteiger partial charge in [-0.25, -0.2) is 22.7 Å². The number of carbonyl (C=O) groups is 1. The van der Waals surface area contributed by atoms with E-state index in [9.17, 15) is 18.0 Å². The number of aromatic nitrogens is 2. The molecule has 9 heteroatoms. The zero-order valence-corrected chi connectivity index (χ0v) is 16.5. The molecule has 1 amide bonds. The topological polar surface area (TPSA) is 84.8 Å². The average Bonchev–Trinajstić information content (AvgIpc) is 3.28. The van der Waals surface area contributed by atoms with Gasteiger partial charge in [-0.05, 0) is 37.5 Å². The maximum atomic E-state index is 14.3. The normalized spacial score (nSPS) is 23.6. The molecule has 4 rings (SSSR count). The third-order valence-electron chi connectivity index (χ3n) is 5.61. The van der Waals surface area contributed by atoms with Gasteiger partial charge in [0.25, 0.3) is 11.8 Å². The molecule has 1 fully saturated rings. The lowest BCUT2D eigenvalue weighted by molar-refractivity contribution is -0.122. The molecule has 3 N–H and O–H groups in total. The van der Waals surface area contributed by atoms with Gasteiger partial charge in [0, 0.05) is 24.4 Å². The second kappa shape index (κ2) is 7.39. The average molecular weight is 417 g/mol. The van der Waals surface area contributed by atoms with Gasteiger partial charge in [-0.15, -0.1) is 0 Å². The summed E-state index contributed by atoms with van der Waals surface area (Å²) in [6.07, 6.45) is 3.36. The Morgan fingerprint density at radius 1 is 1.40 bits per heavy atom. The Morgan fingerprint density at radius 3 is 2.87 bits per heavy atom. The molecule has 30 heavy (non-hydrogen) atoms. The monoisotopic (exact) mass is 417 g/mol. The van der Waals surface area contributed by atoms with Crippen LogP contribution in [0.15, 0.2) is 47.2 Å². The Morgan fingerprint density at radius 2 is 2.17 bits per heavy atom. The van der Waals surface area contributed by atoms with E-state index in [1.807, 2.05) is 0 Å². The predicted octanol–water partition coefficient (Wildman–Crippen LogP) is 3.24. The Labute approximate surface area is 171 Å². The lowest BCUT2D eigenvalue weighted by Crippen LogP contribution is -2.60. The van der Waals surface area contributed by atoms with Crippen molar-refractivity contribution in [3.05, 3.63) is 53.6 Å². The highest BCUT2D eigenvalue weighted by Gasteiger charge is 2.47. The van der Waals surface area contributed by atoms with Crippen LogP contribution in [0.2, 0.25) is 0 Å². The van der Waals surface area contributed by atoms with Crippen molar-refractivity contribution in [2.75, 3.05) is 0 Å². The third-order valence-corrected chi connectivity index (χ3v) is 5.61. The molecular formula is C21H22F3N5O. The van der Waals surface area contributed by atoms with Crippen LogP contribution in [0, 0.1) is 5.82 Å². The Bertz CT molecular complexity index is 1100. The zero-order chi connectivity index (χ0) is 21.6. The van der Waals surface area contributed by atoms with Gasteiger partial charge in [0.2, 0.25) is 0 Å². The molecule has 3 heterocycles. The summed E-state index contributed by atoms with van der Waals surface area (Å²) in [5, 5.41) is 6.54. The molecule has 0 saturated heterocycles. The summed E-state index contributed by atoms with van der Waals surface area (Å²) in [7, 11) is 0. The van der Waals surface area contributed by atoms with E-state index in [2.05, 4.69) is 22.0 Å². The summed E-state index contributed by atoms with van der Waals surface area (Å²) < 4.78 is 43.4. The Kier molecular flexibility index (Phi) is 5.01. The molecule has 0 spiro atoms. The fraction of sp³-hybridized carbons (Fsp3) is 0.381. The van der Waals surface area contributed by atoms with Crippen LogP contribution in [-0.2, 0) is 4.79 Å². The molecule has 0 radical (unpaired) electrons. The smallest absolute Gasteiger partial charge is 0.269 e. The maximum absolute atomic E-state index is 14.3. The number of carbonyl (C=O) groups excluding carboxylic acids is 1. The first-order valence-corrected chi connectivity index (χ1v) is 9.71. The number of halogens is 3. The lowest BCUT2D eigenvalue weighted by atomic mass is 9.87. The minimum atomic E-state index is -3.06. The first-order chi connectivity index (χ1) is 14.2. The van der Waals surface area contributed by atoms with Crippen molar-refractivity contribution in [1.29, 1.82) is 0 Å². The fourth-order valence-electron chi connectivity index (χ4n) is 3.99. The van der Waals surface area contributed by atoms with Crippen molar-refractivity contribution in [3.8, 4) is 0 Å². The van der Waals surface area contributed by atoms with Gasteiger partial charge in [0.1, 0.15) is 17.6 Å². The molecule has 1 aliphatic carbocycles. The van der Waals surface area contributed by atoms with Crippen molar-refractivity contribution < 1.29 is 18.0 Å². The van der Waals surface area contributed by atoms with E-state index < -0.39 is 29.7 Å². The zero-order valence-electron chi connectivity index (χ0n) is 16.5. The molecule has 2 unspecified atom stereocenters. The number of hydrogen-bond donors (Lipinski definition) is 2. The summed E-state index contributed by atoms with van der Waals surface area (Å²) in [6, 6.07) is 0.622. The van der Waals surface area contributed by atoms with Crippen molar-refractivity contribution in [1.82, 2.24) is 14.9 Å². The number of allylic oxidation sites excluding steroid dienone is 2. The molecule has 2 aromatic heterocycles. The van der Waals surface area contributed by atoms with Crippen molar-refractivity contribution in [2.24, 2.45) is 10.7 Å². The van der Waals surface area contributed by atoms with Crippen LogP contribution in [0.4, 0.5) is 13.2 Å². The van der Waals surface area contributed by atoms with Crippen LogP contribution < -0.4 is 11.1 Å². The number of hydrogen-bond acceptors (Lipinski definition) is 4. The van der Waals surface area contributed by atoms with Gasteiger partial charge < -0.3 is 11.1 Å². The first-order valence-electron chi connectivity index (χ1n) is 9.71. The first kappa shape index (κ1) is 20.3. The molecule has 0 aromatic carbocycles. The number of nitrogens with one attached hydrogen (secondary N) is 1. The van der Waals surface area contributed by atoms with Gasteiger partial charge in [-0.2, -0.15) is 5.10 Å². The third kappa shape index (κ3) is 3.54. The number of alkyl halides is 2. The maximum Gasteiger partial charge on any atom is 0.269 e. The quantitative estimate of drug-likeness (QED) is 0.801. The fourth-order valence-corrected chi connectivity index (χ4v) is 3.99. The molecule has 6 nitrogen and oxygen atoms in total. The highest BCUT2D eigenvalue weighted by Crippen LogP contribution is 2.36. The van der Waals surface area contributed by atoms with E-state index in [0.717, 1.165) is 0 Å². The minimum Gasteiger partial charge on any atom is -0.341 e. The van der Waals surface area contributed by atoms with Gasteiger partial charge in [-0.3, -0.25) is 4.79 Å². The largest absolute Gasteiger partial charge is 0.341 e. The predicted molar refractivity (Wildman–Crippen MR) is 108 cm³/mol. The van der Waals surface area contributed by atoms with E-state index in [4.69, 9.17) is 5.73 Å². The molecular weight excluding hydrogens is 395 g/mol. The highest BCUT2D eigenvalue weighted by molar-refractivity contribution is 6.41. The summed E-state index contributed by atoms with van der Waals surface area (Å²) in [5.41, 5.74) is 9.06. The minimum absolute atomic E-state index is 0.109. The summed E-state index contributed by atoms with van der Waals surface area (Å²) in [4.78, 5) is 17.2. The standard InChI is InChI=1S/C21H22F3N5O/c1-11(2)13-8-16(20(30)28-19-15(25)4-3-7-21(19,23)24)27-18(13)14-9-26-29-10-12(22)5-6-17(14)29/h5-6,9-10,15,19H,1,3-4,7-8,25H2,2H3,(H,28,30). The molecule has 2 aliphatic rings. The van der Waals surface area contributed by atoms with Gasteiger partial charge in [-0.1, -0.05) is 12.2 Å². The second-order valence-corrected chi connectivity index (χ2v) is 7.85. The van der Waals surface area contributed by atoms with E-state index in [1.54, 1.807) is 13.0 Å². The number of fused-ring (bicyclic) bond motifs is 1. The number of rotatable bonds is 4. The van der Waals surface area contributed by atoms with E-state index in [0.29, 0.717) is 40.8 Å². The number of nitrogens with zero attached hydrogens (tertiary/aromatic N) is 3. The highest BCUT2D eigenvalue weighted by atomic mass is 19.3. The van der Waals surface area contributed by atoms with Crippen LogP contribution in [0.1, 0.15) is 38.2 Å². The molecule has 1 saturated carbocycles. The van der Waals surface area contributed by atoms with E-state index in [-0.39, 0.29) is 18.6 Å². The molecule has 158 valence electrons. The number of pyridine rings is 1. The second-order valence-electron chi connectivity index (χ2n) is 7.85. The lowest BCUT2D eigenvalue weighted by Gasteiger charge is -2.36. The number of nitrogens with two attached hydrogens (primary N) is 1. The van der Waals surface area contributed by atoms with Crippen LogP contribution in [0.25, 0.3) is 11.2 Å². The van der Waals surface area contributed by atoms with Crippen LogP contribution in [0.3, 0.4) is 0 Å². The van der Waals surface area contributed by atoms with Gasteiger partial charge >= 0.3 is 0 Å². The van der Waals surface area contributed by atoms with Crippen LogP contribution >= 0.6 is 0 Å². The molecule has 2 aromatic rings. The molecule has 2 atom stereocenters. The Hall–Kier alpha value is -2.94. The van der Waals surface area contributed by atoms with Crippen LogP contribution in [0.5, 0.6) is 0 Å². The van der Waals surface area contributed by atoms with Crippen molar-refractivity contribution >= 4 is 22.8 Å². The summed E-state index contributed by atoms with van der Waals surface area (Å²) in [6.45, 7) is 5.73. The summed E-state index contributed by atoms with van der Waals surface area (Å²) in [5.74, 6) is -4.17. The van der Waals surface area contributed by atoms with Crippen molar-refractivity contribution in [2.45, 2.75) is 50.6 Å². The van der Waals surface area contributed by atoms with E-state index in [1.165, 1.54) is 23.0 Å². The van der Waals surface area contributed by atoms with Crippen LogP contribution in [-0.4, -0.2) is 39.2 Å². The van der Waals surface area contributed by atoms with E-state index >= 15 is 0 Å². The molecule has 0 bridgehead atoms. The SMILES string of the molecule is C=C(C)C1=C(c2cnn3cc(F)ccc23)N=C(C(=O)NC2C(N)CCCC2(F)F)C1. The van der Waals surface area contributed by atoms with Crippen molar-refractivity contribution in [3.63, 3.8) is 0 Å². The Balaban J connectivity index is 1.65. The number of aliphatic imine (C=N–C) groups is 1.